The van der Waals surface area contributed by atoms with Gasteiger partial charge >= 0.3 is 5.97 Å². The molecule has 2 rings (SSSR count). The number of ether oxygens (including phenoxy) is 1. The molecule has 0 aliphatic rings. The van der Waals surface area contributed by atoms with E-state index in [-0.39, 0.29) is 18.4 Å². The number of benzene rings is 1. The molecule has 0 bridgehead atoms. The Balaban J connectivity index is 2.62. The van der Waals surface area contributed by atoms with E-state index in [9.17, 15) is 9.59 Å². The van der Waals surface area contributed by atoms with Crippen LogP contribution in [-0.4, -0.2) is 24.4 Å². The molecule has 0 spiro atoms. The first kappa shape index (κ1) is 19.1. The Morgan fingerprint density at radius 2 is 2.00 bits per heavy atom. The van der Waals surface area contributed by atoms with Crippen molar-refractivity contribution >= 4 is 63.0 Å². The fraction of sp³-hybridized carbons (Fsp3) is 0.250. The largest absolute Gasteiger partial charge is 0.462 e. The third-order valence-corrected chi connectivity index (χ3v) is 5.16. The summed E-state index contributed by atoms with van der Waals surface area (Å²) < 4.78 is 5.07. The summed E-state index contributed by atoms with van der Waals surface area (Å²) in [6.07, 6.45) is 0. The van der Waals surface area contributed by atoms with Gasteiger partial charge in [0, 0.05) is 21.2 Å². The van der Waals surface area contributed by atoms with Gasteiger partial charge in [-0.3, -0.25) is 4.79 Å². The number of hydrogen-bond donors (Lipinski definition) is 1. The van der Waals surface area contributed by atoms with Gasteiger partial charge in [0.05, 0.1) is 6.61 Å². The van der Waals surface area contributed by atoms with Crippen LogP contribution in [0.2, 0.25) is 10.0 Å². The molecule has 1 heterocycles. The van der Waals surface area contributed by atoms with Crippen LogP contribution in [0.1, 0.15) is 22.2 Å². The van der Waals surface area contributed by atoms with E-state index in [4.69, 9.17) is 39.5 Å². The number of hydrogen-bond acceptors (Lipinski definition) is 4. The molecule has 1 aromatic carbocycles. The minimum Gasteiger partial charge on any atom is -0.462 e. The van der Waals surface area contributed by atoms with Gasteiger partial charge in [0.2, 0.25) is 5.91 Å². The maximum Gasteiger partial charge on any atom is 0.348 e. The van der Waals surface area contributed by atoms with E-state index in [1.165, 1.54) is 0 Å². The van der Waals surface area contributed by atoms with Gasteiger partial charge < -0.3 is 10.1 Å². The average Bonchev–Trinajstić information content (AvgIpc) is 2.84. The quantitative estimate of drug-likeness (QED) is 0.535. The molecule has 4 nitrogen and oxygen atoms in total. The number of halogens is 3. The van der Waals surface area contributed by atoms with Gasteiger partial charge in [0.15, 0.2) is 0 Å². The smallest absolute Gasteiger partial charge is 0.348 e. The molecule has 0 aliphatic heterocycles. The molecule has 2 aromatic rings. The van der Waals surface area contributed by atoms with Crippen LogP contribution in [-0.2, 0) is 9.53 Å². The normalized spacial score (nSPS) is 10.5. The molecule has 128 valence electrons. The lowest BCUT2D eigenvalue weighted by Crippen LogP contribution is -2.12. The zero-order valence-electron chi connectivity index (χ0n) is 12.9. The zero-order chi connectivity index (χ0) is 17.9. The lowest BCUT2D eigenvalue weighted by atomic mass is 10.0. The van der Waals surface area contributed by atoms with Gasteiger partial charge in [-0.2, -0.15) is 0 Å². The Hall–Kier alpha value is -1.27. The first-order valence-corrected chi connectivity index (χ1v) is 9.11. The van der Waals surface area contributed by atoms with E-state index < -0.39 is 5.97 Å². The number of alkyl halides is 1. The van der Waals surface area contributed by atoms with E-state index in [2.05, 4.69) is 5.32 Å². The number of amides is 1. The summed E-state index contributed by atoms with van der Waals surface area (Å²) in [5.74, 6) is -1.02. The number of esters is 1. The monoisotopic (exact) mass is 405 g/mol. The van der Waals surface area contributed by atoms with Crippen LogP contribution in [0.25, 0.3) is 11.1 Å². The molecule has 0 fully saturated rings. The Morgan fingerprint density at radius 3 is 2.58 bits per heavy atom. The predicted octanol–water partition coefficient (Wildman–Crippen LogP) is 5.38. The molecule has 0 aliphatic carbocycles. The van der Waals surface area contributed by atoms with Crippen LogP contribution in [0.15, 0.2) is 18.2 Å². The molecule has 8 heteroatoms. The minimum atomic E-state index is -0.447. The van der Waals surface area contributed by atoms with Crippen LogP contribution >= 0.6 is 46.1 Å². The third kappa shape index (κ3) is 4.03. The molecule has 0 saturated carbocycles. The highest BCUT2D eigenvalue weighted by atomic mass is 35.5. The summed E-state index contributed by atoms with van der Waals surface area (Å²) >= 11 is 18.9. The highest BCUT2D eigenvalue weighted by molar-refractivity contribution is 7.19. The number of anilines is 1. The number of rotatable bonds is 5. The summed E-state index contributed by atoms with van der Waals surface area (Å²) in [5, 5.41) is 4.11. The Labute approximate surface area is 158 Å². The van der Waals surface area contributed by atoms with Crippen molar-refractivity contribution < 1.29 is 14.3 Å². The molecule has 0 atom stereocenters. The Bertz CT molecular complexity index is 789. The summed E-state index contributed by atoms with van der Waals surface area (Å²) in [4.78, 5) is 24.3. The van der Waals surface area contributed by atoms with Crippen molar-refractivity contribution in [3.05, 3.63) is 38.7 Å². The van der Waals surface area contributed by atoms with Crippen LogP contribution in [0.5, 0.6) is 0 Å². The van der Waals surface area contributed by atoms with Crippen molar-refractivity contribution in [2.45, 2.75) is 13.8 Å². The topological polar surface area (TPSA) is 55.4 Å². The average molecular weight is 407 g/mol. The summed E-state index contributed by atoms with van der Waals surface area (Å²) in [5.41, 5.74) is 1.99. The van der Waals surface area contributed by atoms with Gasteiger partial charge in [-0.25, -0.2) is 4.79 Å². The van der Waals surface area contributed by atoms with E-state index in [0.29, 0.717) is 36.6 Å². The number of carbonyl (C=O) groups is 2. The van der Waals surface area contributed by atoms with Crippen molar-refractivity contribution in [3.8, 4) is 11.1 Å². The molecule has 0 unspecified atom stereocenters. The summed E-state index contributed by atoms with van der Waals surface area (Å²) in [7, 11) is 0. The Morgan fingerprint density at radius 1 is 1.29 bits per heavy atom. The van der Waals surface area contributed by atoms with Crippen molar-refractivity contribution in [3.63, 3.8) is 0 Å². The van der Waals surface area contributed by atoms with E-state index in [1.54, 1.807) is 32.0 Å². The van der Waals surface area contributed by atoms with Crippen LogP contribution in [0.4, 0.5) is 5.00 Å². The maximum absolute atomic E-state index is 12.2. The molecule has 24 heavy (non-hydrogen) atoms. The van der Waals surface area contributed by atoms with Gasteiger partial charge in [-0.1, -0.05) is 29.3 Å². The van der Waals surface area contributed by atoms with E-state index in [0.717, 1.165) is 11.3 Å². The van der Waals surface area contributed by atoms with Crippen molar-refractivity contribution in [2.24, 2.45) is 0 Å². The van der Waals surface area contributed by atoms with Crippen LogP contribution in [0, 0.1) is 6.92 Å². The molecule has 1 amide bonds. The first-order chi connectivity index (χ1) is 11.4. The standard InChI is InChI=1S/C16H14Cl3NO3S/c1-3-23-16(22)14-8(2)13(15(24-14)20-12(21)7-17)10-5-4-9(18)6-11(10)19/h4-6H,3,7H2,1-2H3,(H,20,21). The highest BCUT2D eigenvalue weighted by Crippen LogP contribution is 2.44. The predicted molar refractivity (Wildman–Crippen MR) is 99.8 cm³/mol. The van der Waals surface area contributed by atoms with Crippen LogP contribution in [0.3, 0.4) is 0 Å². The molecular formula is C16H14Cl3NO3S. The molecule has 0 saturated heterocycles. The zero-order valence-corrected chi connectivity index (χ0v) is 16.0. The summed E-state index contributed by atoms with van der Waals surface area (Å²) in [6.45, 7) is 3.77. The van der Waals surface area contributed by atoms with Gasteiger partial charge in [-0.15, -0.1) is 22.9 Å². The van der Waals surface area contributed by atoms with E-state index >= 15 is 0 Å². The molecule has 1 aromatic heterocycles. The second-order valence-electron chi connectivity index (χ2n) is 4.79. The first-order valence-electron chi connectivity index (χ1n) is 7.00. The second-order valence-corrected chi connectivity index (χ2v) is 6.92. The van der Waals surface area contributed by atoms with Gasteiger partial charge in [0.25, 0.3) is 0 Å². The SMILES string of the molecule is CCOC(=O)c1sc(NC(=O)CCl)c(-c2ccc(Cl)cc2Cl)c1C. The molecular weight excluding hydrogens is 393 g/mol. The van der Waals surface area contributed by atoms with E-state index in [1.807, 2.05) is 0 Å². The van der Waals surface area contributed by atoms with Gasteiger partial charge in [0.1, 0.15) is 15.8 Å². The lowest BCUT2D eigenvalue weighted by molar-refractivity contribution is -0.113. The number of carbonyl (C=O) groups excluding carboxylic acids is 2. The molecule has 1 N–H and O–H groups in total. The maximum atomic E-state index is 12.2. The van der Waals surface area contributed by atoms with Gasteiger partial charge in [-0.05, 0) is 31.5 Å². The summed E-state index contributed by atoms with van der Waals surface area (Å²) in [6, 6.07) is 5.04. The van der Waals surface area contributed by atoms with Crippen molar-refractivity contribution in [2.75, 3.05) is 17.8 Å². The van der Waals surface area contributed by atoms with Crippen LogP contribution < -0.4 is 5.32 Å². The fourth-order valence-corrected chi connectivity index (χ4v) is 3.87. The fourth-order valence-electron chi connectivity index (χ4n) is 2.17. The third-order valence-electron chi connectivity index (χ3n) is 3.18. The van der Waals surface area contributed by atoms with Crippen molar-refractivity contribution in [1.29, 1.82) is 0 Å². The second kappa shape index (κ2) is 8.21. The number of nitrogens with one attached hydrogen (secondary N) is 1. The lowest BCUT2D eigenvalue weighted by Gasteiger charge is -2.09. The molecule has 0 radical (unpaired) electrons. The highest BCUT2D eigenvalue weighted by Gasteiger charge is 2.24. The number of thiophene rings is 1. The van der Waals surface area contributed by atoms with Crippen molar-refractivity contribution in [1.82, 2.24) is 0 Å². The Kier molecular flexibility index (Phi) is 6.52. The minimum absolute atomic E-state index is 0.195.